The first-order valence-corrected chi connectivity index (χ1v) is 7.55. The molecule has 0 fully saturated rings. The minimum absolute atomic E-state index is 0.0113. The molecule has 0 radical (unpaired) electrons. The summed E-state index contributed by atoms with van der Waals surface area (Å²) in [4.78, 5) is 24.2. The van der Waals surface area contributed by atoms with Crippen LogP contribution in [-0.2, 0) is 9.53 Å². The van der Waals surface area contributed by atoms with E-state index in [1.54, 1.807) is 0 Å². The number of nitrogens with two attached hydrogens (primary N) is 1. The third kappa shape index (κ3) is 4.37. The largest absolute Gasteiger partial charge is 0.449 e. The van der Waals surface area contributed by atoms with E-state index in [1.165, 1.54) is 43.3 Å². The number of nitrogens with one attached hydrogen (secondary N) is 1. The average Bonchev–Trinajstić information content (AvgIpc) is 2.52. The lowest BCUT2D eigenvalue weighted by Crippen LogP contribution is -2.30. The highest BCUT2D eigenvalue weighted by Crippen LogP contribution is 2.28. The van der Waals surface area contributed by atoms with Crippen LogP contribution in [0.5, 0.6) is 0 Å². The van der Waals surface area contributed by atoms with Crippen molar-refractivity contribution >= 4 is 46.5 Å². The standard InChI is InChI=1S/C16H13Cl2FN2O3/c1-8(15(22)21-11-4-2-10(19)3-5-11)24-16(23)12-6-9(17)7-13(18)14(12)20/h2-8H,20H2,1H3,(H,21,22)/t8-/m1/s1. The van der Waals surface area contributed by atoms with Crippen LogP contribution in [0.1, 0.15) is 17.3 Å². The molecule has 0 unspecified atom stereocenters. The van der Waals surface area contributed by atoms with Gasteiger partial charge in [0.25, 0.3) is 5.91 Å². The number of esters is 1. The molecule has 0 aliphatic carbocycles. The van der Waals surface area contributed by atoms with Crippen LogP contribution in [-0.4, -0.2) is 18.0 Å². The molecule has 126 valence electrons. The maximum absolute atomic E-state index is 12.8. The van der Waals surface area contributed by atoms with Gasteiger partial charge in [-0.2, -0.15) is 0 Å². The molecule has 0 spiro atoms. The summed E-state index contributed by atoms with van der Waals surface area (Å²) in [6.07, 6.45) is -1.11. The Morgan fingerprint density at radius 3 is 2.46 bits per heavy atom. The molecule has 1 amide bonds. The summed E-state index contributed by atoms with van der Waals surface area (Å²) in [6, 6.07) is 7.85. The summed E-state index contributed by atoms with van der Waals surface area (Å²) >= 11 is 11.7. The highest BCUT2D eigenvalue weighted by Gasteiger charge is 2.22. The van der Waals surface area contributed by atoms with Crippen molar-refractivity contribution in [1.82, 2.24) is 0 Å². The number of hydrogen-bond acceptors (Lipinski definition) is 4. The number of nitrogen functional groups attached to an aromatic ring is 1. The van der Waals surface area contributed by atoms with Gasteiger partial charge in [-0.3, -0.25) is 4.79 Å². The number of amides is 1. The molecule has 2 aromatic rings. The van der Waals surface area contributed by atoms with E-state index >= 15 is 0 Å². The highest BCUT2D eigenvalue weighted by atomic mass is 35.5. The van der Waals surface area contributed by atoms with Crippen molar-refractivity contribution in [2.24, 2.45) is 0 Å². The number of anilines is 2. The maximum Gasteiger partial charge on any atom is 0.341 e. The van der Waals surface area contributed by atoms with Crippen LogP contribution >= 0.6 is 23.2 Å². The monoisotopic (exact) mass is 370 g/mol. The molecular weight excluding hydrogens is 358 g/mol. The van der Waals surface area contributed by atoms with Crippen LogP contribution in [0, 0.1) is 5.82 Å². The van der Waals surface area contributed by atoms with Crippen LogP contribution in [0.3, 0.4) is 0 Å². The molecule has 1 atom stereocenters. The van der Waals surface area contributed by atoms with Crippen molar-refractivity contribution in [2.75, 3.05) is 11.1 Å². The summed E-state index contributed by atoms with van der Waals surface area (Å²) in [6.45, 7) is 1.39. The summed E-state index contributed by atoms with van der Waals surface area (Å²) in [5.41, 5.74) is 6.06. The molecule has 0 bridgehead atoms. The van der Waals surface area contributed by atoms with Gasteiger partial charge in [-0.15, -0.1) is 0 Å². The van der Waals surface area contributed by atoms with E-state index in [-0.39, 0.29) is 21.3 Å². The lowest BCUT2D eigenvalue weighted by Gasteiger charge is -2.15. The number of hydrogen-bond donors (Lipinski definition) is 2. The van der Waals surface area contributed by atoms with E-state index in [1.807, 2.05) is 0 Å². The van der Waals surface area contributed by atoms with Gasteiger partial charge in [0.2, 0.25) is 0 Å². The minimum atomic E-state index is -1.11. The summed E-state index contributed by atoms with van der Waals surface area (Å²) in [5, 5.41) is 2.82. The van der Waals surface area contributed by atoms with Gasteiger partial charge < -0.3 is 15.8 Å². The highest BCUT2D eigenvalue weighted by molar-refractivity contribution is 6.37. The van der Waals surface area contributed by atoms with Gasteiger partial charge in [-0.25, -0.2) is 9.18 Å². The van der Waals surface area contributed by atoms with Gasteiger partial charge in [0, 0.05) is 10.7 Å². The van der Waals surface area contributed by atoms with E-state index in [0.717, 1.165) is 0 Å². The number of carbonyl (C=O) groups is 2. The molecular formula is C16H13Cl2FN2O3. The number of ether oxygens (including phenoxy) is 1. The van der Waals surface area contributed by atoms with Gasteiger partial charge >= 0.3 is 5.97 Å². The third-order valence-corrected chi connectivity index (χ3v) is 3.61. The molecule has 0 saturated carbocycles. The lowest BCUT2D eigenvalue weighted by atomic mass is 10.2. The number of halogens is 3. The average molecular weight is 371 g/mol. The second-order valence-electron chi connectivity index (χ2n) is 4.89. The molecule has 0 aliphatic heterocycles. The molecule has 8 heteroatoms. The van der Waals surface area contributed by atoms with Crippen molar-refractivity contribution in [2.45, 2.75) is 13.0 Å². The van der Waals surface area contributed by atoms with Crippen LogP contribution in [0.25, 0.3) is 0 Å². The summed E-state index contributed by atoms with van der Waals surface area (Å²) in [7, 11) is 0. The number of benzene rings is 2. The second kappa shape index (κ2) is 7.51. The van der Waals surface area contributed by atoms with Gasteiger partial charge in [0.15, 0.2) is 6.10 Å². The zero-order chi connectivity index (χ0) is 17.9. The van der Waals surface area contributed by atoms with E-state index < -0.39 is 23.8 Å². The first-order valence-electron chi connectivity index (χ1n) is 6.80. The lowest BCUT2D eigenvalue weighted by molar-refractivity contribution is -0.123. The Labute approximate surface area is 147 Å². The molecule has 2 aromatic carbocycles. The Hall–Kier alpha value is -2.31. The van der Waals surface area contributed by atoms with Crippen molar-refractivity contribution in [1.29, 1.82) is 0 Å². The van der Waals surface area contributed by atoms with Crippen LogP contribution in [0.2, 0.25) is 10.0 Å². The molecule has 0 aromatic heterocycles. The van der Waals surface area contributed by atoms with E-state index in [0.29, 0.717) is 5.69 Å². The predicted octanol–water partition coefficient (Wildman–Crippen LogP) is 3.90. The molecule has 24 heavy (non-hydrogen) atoms. The fourth-order valence-electron chi connectivity index (χ4n) is 1.81. The topological polar surface area (TPSA) is 81.4 Å². The van der Waals surface area contributed by atoms with Gasteiger partial charge in [-0.1, -0.05) is 23.2 Å². The fourth-order valence-corrected chi connectivity index (χ4v) is 2.30. The molecule has 0 saturated heterocycles. The Morgan fingerprint density at radius 2 is 1.83 bits per heavy atom. The zero-order valence-electron chi connectivity index (χ0n) is 12.5. The smallest absolute Gasteiger partial charge is 0.341 e. The van der Waals surface area contributed by atoms with Crippen molar-refractivity contribution in [3.63, 3.8) is 0 Å². The van der Waals surface area contributed by atoms with Crippen LogP contribution in [0.15, 0.2) is 36.4 Å². The molecule has 3 N–H and O–H groups in total. The Kier molecular flexibility index (Phi) is 5.64. The number of carbonyl (C=O) groups excluding carboxylic acids is 2. The first kappa shape index (κ1) is 18.0. The van der Waals surface area contributed by atoms with E-state index in [2.05, 4.69) is 5.32 Å². The van der Waals surface area contributed by atoms with E-state index in [4.69, 9.17) is 33.7 Å². The van der Waals surface area contributed by atoms with Crippen molar-refractivity contribution < 1.29 is 18.7 Å². The van der Waals surface area contributed by atoms with E-state index in [9.17, 15) is 14.0 Å². The Bertz CT molecular complexity index is 782. The van der Waals surface area contributed by atoms with Gasteiger partial charge in [-0.05, 0) is 43.3 Å². The first-order chi connectivity index (χ1) is 11.3. The SMILES string of the molecule is C[C@@H](OC(=O)c1cc(Cl)cc(Cl)c1N)C(=O)Nc1ccc(F)cc1. The van der Waals surface area contributed by atoms with Crippen molar-refractivity contribution in [3.05, 3.63) is 57.8 Å². The zero-order valence-corrected chi connectivity index (χ0v) is 14.0. The minimum Gasteiger partial charge on any atom is -0.449 e. The van der Waals surface area contributed by atoms with Crippen LogP contribution < -0.4 is 11.1 Å². The molecule has 0 heterocycles. The summed E-state index contributed by atoms with van der Waals surface area (Å²) in [5.74, 6) is -1.85. The summed E-state index contributed by atoms with van der Waals surface area (Å²) < 4.78 is 17.9. The second-order valence-corrected chi connectivity index (χ2v) is 5.74. The number of rotatable bonds is 4. The van der Waals surface area contributed by atoms with Gasteiger partial charge in [0.05, 0.1) is 16.3 Å². The molecule has 0 aliphatic rings. The van der Waals surface area contributed by atoms with Crippen molar-refractivity contribution in [3.8, 4) is 0 Å². The third-order valence-electron chi connectivity index (χ3n) is 3.08. The van der Waals surface area contributed by atoms with Crippen LogP contribution in [0.4, 0.5) is 15.8 Å². The molecule has 2 rings (SSSR count). The Balaban J connectivity index is 2.06. The van der Waals surface area contributed by atoms with Gasteiger partial charge in [0.1, 0.15) is 5.82 Å². The normalized spacial score (nSPS) is 11.7. The fraction of sp³-hybridized carbons (Fsp3) is 0.125. The Morgan fingerprint density at radius 1 is 1.21 bits per heavy atom. The maximum atomic E-state index is 12.8. The molecule has 5 nitrogen and oxygen atoms in total. The predicted molar refractivity (Wildman–Crippen MR) is 90.8 cm³/mol. The quantitative estimate of drug-likeness (QED) is 0.631.